The Labute approximate surface area is 198 Å². The van der Waals surface area contributed by atoms with E-state index in [4.69, 9.17) is 9.73 Å². The zero-order valence-corrected chi connectivity index (χ0v) is 21.3. The van der Waals surface area contributed by atoms with Crippen molar-refractivity contribution in [1.29, 1.82) is 0 Å². The van der Waals surface area contributed by atoms with E-state index in [1.54, 1.807) is 4.31 Å². The van der Waals surface area contributed by atoms with Gasteiger partial charge in [0.05, 0.1) is 24.5 Å². The number of ether oxygens (including phenoxy) is 1. The van der Waals surface area contributed by atoms with Gasteiger partial charge in [0.25, 0.3) is 0 Å². The molecule has 30 heavy (non-hydrogen) atoms. The fraction of sp³-hybridized carbons (Fsp3) is 0.667. The van der Waals surface area contributed by atoms with Crippen LogP contribution in [0.15, 0.2) is 35.3 Å². The number of guanidine groups is 1. The van der Waals surface area contributed by atoms with E-state index in [2.05, 4.69) is 34.9 Å². The highest BCUT2D eigenvalue weighted by Gasteiger charge is 2.44. The van der Waals surface area contributed by atoms with E-state index in [0.29, 0.717) is 32.1 Å². The van der Waals surface area contributed by atoms with E-state index in [1.807, 2.05) is 26.8 Å². The van der Waals surface area contributed by atoms with Crippen molar-refractivity contribution >= 4 is 40.0 Å². The Bertz CT molecular complexity index is 790. The third kappa shape index (κ3) is 6.80. The van der Waals surface area contributed by atoms with E-state index >= 15 is 0 Å². The van der Waals surface area contributed by atoms with Crippen molar-refractivity contribution in [3.8, 4) is 0 Å². The van der Waals surface area contributed by atoms with Crippen LogP contribution in [0, 0.1) is 0 Å². The third-order valence-corrected chi connectivity index (χ3v) is 7.36. The van der Waals surface area contributed by atoms with Crippen LogP contribution in [0.3, 0.4) is 0 Å². The van der Waals surface area contributed by atoms with Crippen molar-refractivity contribution in [3.63, 3.8) is 0 Å². The molecule has 1 aliphatic heterocycles. The smallest absolute Gasteiger partial charge is 0.216 e. The Balaban J connectivity index is 0.00000320. The van der Waals surface area contributed by atoms with Crippen LogP contribution >= 0.6 is 24.0 Å². The Kier molecular flexibility index (Phi) is 9.38. The summed E-state index contributed by atoms with van der Waals surface area (Å²) in [7, 11) is -3.33. The molecule has 0 bridgehead atoms. The average Bonchev–Trinajstić information content (AvgIpc) is 3.47. The first-order chi connectivity index (χ1) is 13.8. The van der Waals surface area contributed by atoms with Gasteiger partial charge in [0, 0.05) is 31.6 Å². The maximum Gasteiger partial charge on any atom is 0.216 e. The largest absolute Gasteiger partial charge is 0.373 e. The van der Waals surface area contributed by atoms with Gasteiger partial charge in [0.1, 0.15) is 0 Å². The molecule has 0 radical (unpaired) electrons. The Hall–Kier alpha value is -0.910. The lowest BCUT2D eigenvalue weighted by molar-refractivity contribution is -0.0440. The van der Waals surface area contributed by atoms with Gasteiger partial charge in [-0.15, -0.1) is 24.0 Å². The molecule has 0 amide bonds. The lowest BCUT2D eigenvalue weighted by atomic mass is 9.96. The van der Waals surface area contributed by atoms with Gasteiger partial charge in [0.15, 0.2) is 5.96 Å². The van der Waals surface area contributed by atoms with Gasteiger partial charge in [-0.3, -0.25) is 4.99 Å². The molecule has 1 saturated carbocycles. The summed E-state index contributed by atoms with van der Waals surface area (Å²) in [5.41, 5.74) is 1.47. The molecular weight excluding hydrogens is 515 g/mol. The number of aliphatic imine (C=N–C) groups is 1. The summed E-state index contributed by atoms with van der Waals surface area (Å²) in [6.45, 7) is 8.43. The van der Waals surface area contributed by atoms with Crippen molar-refractivity contribution in [2.24, 2.45) is 4.99 Å². The van der Waals surface area contributed by atoms with Crippen LogP contribution in [0.25, 0.3) is 0 Å². The highest BCUT2D eigenvalue weighted by molar-refractivity contribution is 14.0. The topological polar surface area (TPSA) is 83.0 Å². The second kappa shape index (κ2) is 11.1. The molecule has 170 valence electrons. The molecule has 2 atom stereocenters. The van der Waals surface area contributed by atoms with E-state index in [0.717, 1.165) is 19.4 Å². The summed E-state index contributed by atoms with van der Waals surface area (Å²) in [6, 6.07) is 10.5. The molecule has 7 nitrogen and oxygen atoms in total. The molecule has 2 fully saturated rings. The number of sulfonamides is 1. The Morgan fingerprint density at radius 3 is 2.37 bits per heavy atom. The number of benzene rings is 1. The SMILES string of the molecule is CCNC(=NCC1(c2ccccc2)CC1)NCCS(=O)(=O)N1CC(C)OC(C)C1.I. The first kappa shape index (κ1) is 25.4. The van der Waals surface area contributed by atoms with Crippen molar-refractivity contribution in [2.75, 3.05) is 38.5 Å². The second-order valence-electron chi connectivity index (χ2n) is 8.16. The van der Waals surface area contributed by atoms with Crippen LogP contribution in [0.2, 0.25) is 0 Å². The van der Waals surface area contributed by atoms with Gasteiger partial charge >= 0.3 is 0 Å². The minimum absolute atomic E-state index is 0. The molecule has 0 spiro atoms. The fourth-order valence-corrected chi connectivity index (χ4v) is 5.33. The summed E-state index contributed by atoms with van der Waals surface area (Å²) in [6.07, 6.45) is 2.13. The Morgan fingerprint density at radius 1 is 1.17 bits per heavy atom. The monoisotopic (exact) mass is 550 g/mol. The minimum Gasteiger partial charge on any atom is -0.373 e. The van der Waals surface area contributed by atoms with E-state index in [9.17, 15) is 8.42 Å². The molecule has 2 N–H and O–H groups in total. The molecule has 1 aromatic rings. The van der Waals surface area contributed by atoms with Crippen molar-refractivity contribution in [2.45, 2.75) is 51.2 Å². The molecule has 0 aromatic heterocycles. The number of morpholine rings is 1. The molecular formula is C21H35IN4O3S. The summed E-state index contributed by atoms with van der Waals surface area (Å²) in [5, 5.41) is 6.42. The molecule has 9 heteroatoms. The van der Waals surface area contributed by atoms with Crippen LogP contribution in [-0.2, 0) is 20.2 Å². The van der Waals surface area contributed by atoms with Gasteiger partial charge < -0.3 is 15.4 Å². The van der Waals surface area contributed by atoms with Crippen LogP contribution in [0.1, 0.15) is 39.2 Å². The van der Waals surface area contributed by atoms with Crippen LogP contribution in [0.5, 0.6) is 0 Å². The number of nitrogens with one attached hydrogen (secondary N) is 2. The third-order valence-electron chi connectivity index (χ3n) is 5.56. The molecule has 1 aromatic carbocycles. The maximum atomic E-state index is 12.7. The quantitative estimate of drug-likeness (QED) is 0.295. The number of hydrogen-bond donors (Lipinski definition) is 2. The van der Waals surface area contributed by atoms with E-state index < -0.39 is 10.0 Å². The normalized spacial score (nSPS) is 24.0. The second-order valence-corrected chi connectivity index (χ2v) is 10.2. The first-order valence-electron chi connectivity index (χ1n) is 10.6. The molecule has 1 heterocycles. The number of halogens is 1. The Morgan fingerprint density at radius 2 is 1.80 bits per heavy atom. The first-order valence-corrected chi connectivity index (χ1v) is 12.2. The van der Waals surface area contributed by atoms with Gasteiger partial charge in [-0.2, -0.15) is 4.31 Å². The predicted octanol–water partition coefficient (Wildman–Crippen LogP) is 2.33. The molecule has 2 unspecified atom stereocenters. The molecule has 1 saturated heterocycles. The van der Waals surface area contributed by atoms with Crippen molar-refractivity contribution < 1.29 is 13.2 Å². The average molecular weight is 551 g/mol. The molecule has 1 aliphatic carbocycles. The zero-order valence-electron chi connectivity index (χ0n) is 18.1. The van der Waals surface area contributed by atoms with Crippen molar-refractivity contribution in [3.05, 3.63) is 35.9 Å². The number of hydrogen-bond acceptors (Lipinski definition) is 4. The number of nitrogens with zero attached hydrogens (tertiary/aromatic N) is 2. The van der Waals surface area contributed by atoms with E-state index in [1.165, 1.54) is 5.56 Å². The summed E-state index contributed by atoms with van der Waals surface area (Å²) in [4.78, 5) is 4.75. The predicted molar refractivity (Wildman–Crippen MR) is 132 cm³/mol. The maximum absolute atomic E-state index is 12.7. The molecule has 3 rings (SSSR count). The summed E-state index contributed by atoms with van der Waals surface area (Å²) < 4.78 is 32.6. The number of rotatable bonds is 8. The highest BCUT2D eigenvalue weighted by Crippen LogP contribution is 2.48. The van der Waals surface area contributed by atoms with Gasteiger partial charge in [-0.05, 0) is 39.2 Å². The minimum atomic E-state index is -3.33. The van der Waals surface area contributed by atoms with Crippen LogP contribution < -0.4 is 10.6 Å². The van der Waals surface area contributed by atoms with Crippen LogP contribution in [-0.4, -0.2) is 69.4 Å². The van der Waals surface area contributed by atoms with Crippen molar-refractivity contribution in [1.82, 2.24) is 14.9 Å². The van der Waals surface area contributed by atoms with Crippen LogP contribution in [0.4, 0.5) is 0 Å². The summed E-state index contributed by atoms with van der Waals surface area (Å²) >= 11 is 0. The van der Waals surface area contributed by atoms with Gasteiger partial charge in [0.2, 0.25) is 10.0 Å². The lowest BCUT2D eigenvalue weighted by Gasteiger charge is -2.34. The zero-order chi connectivity index (χ0) is 20.9. The standard InChI is InChI=1S/C21H34N4O3S.HI/c1-4-22-20(24-16-21(10-11-21)19-8-6-5-7-9-19)23-12-13-29(26,27)25-14-17(2)28-18(3)15-25;/h5-9,17-18H,4,10-16H2,1-3H3,(H2,22,23,24);1H. The molecule has 2 aliphatic rings. The highest BCUT2D eigenvalue weighted by atomic mass is 127. The van der Waals surface area contributed by atoms with Gasteiger partial charge in [-0.25, -0.2) is 8.42 Å². The summed E-state index contributed by atoms with van der Waals surface area (Å²) in [5.74, 6) is 0.717. The van der Waals surface area contributed by atoms with Gasteiger partial charge in [-0.1, -0.05) is 30.3 Å². The fourth-order valence-electron chi connectivity index (χ4n) is 3.84. The lowest BCUT2D eigenvalue weighted by Crippen LogP contribution is -2.50. The van der Waals surface area contributed by atoms with E-state index in [-0.39, 0.29) is 47.4 Å².